The average molecular weight is 506 g/mol. The second kappa shape index (κ2) is 9.79. The van der Waals surface area contributed by atoms with E-state index in [1.54, 1.807) is 60.1 Å². The van der Waals surface area contributed by atoms with Crippen LogP contribution in [0, 0.1) is 0 Å². The van der Waals surface area contributed by atoms with Crippen LogP contribution in [0.4, 0.5) is 0 Å². The Balaban J connectivity index is 1.71. The summed E-state index contributed by atoms with van der Waals surface area (Å²) in [5.74, 6) is -1.14. The zero-order valence-electron chi connectivity index (χ0n) is 17.7. The summed E-state index contributed by atoms with van der Waals surface area (Å²) in [6.45, 7) is 2.17. The molecule has 8 heteroatoms. The van der Waals surface area contributed by atoms with Crippen LogP contribution in [0.25, 0.3) is 5.52 Å². The highest BCUT2D eigenvalue weighted by atomic mass is 79.9. The number of nitrogens with zero attached hydrogens (tertiary/aromatic N) is 2. The van der Waals surface area contributed by atoms with Crippen LogP contribution in [-0.4, -0.2) is 33.7 Å². The molecule has 0 aliphatic heterocycles. The van der Waals surface area contributed by atoms with Crippen molar-refractivity contribution < 1.29 is 19.1 Å². The molecule has 3 heterocycles. The zero-order valence-corrected chi connectivity index (χ0v) is 19.3. The molecule has 3 aromatic heterocycles. The summed E-state index contributed by atoms with van der Waals surface area (Å²) in [5.41, 5.74) is 2.47. The van der Waals surface area contributed by atoms with Gasteiger partial charge in [-0.3, -0.25) is 14.6 Å². The zero-order chi connectivity index (χ0) is 23.4. The molecule has 1 aromatic carbocycles. The minimum absolute atomic E-state index is 0.190. The van der Waals surface area contributed by atoms with Crippen LogP contribution < -0.4 is 5.32 Å². The SMILES string of the molecule is CCOC(=O)c1cc(C(=O)c2cccc(Br)c2)n2ccc(C(=O)NCc3ccccn3)cc12. The highest BCUT2D eigenvalue weighted by Gasteiger charge is 2.22. The van der Waals surface area contributed by atoms with Gasteiger partial charge in [-0.25, -0.2) is 4.79 Å². The van der Waals surface area contributed by atoms with E-state index in [0.29, 0.717) is 22.3 Å². The van der Waals surface area contributed by atoms with Gasteiger partial charge in [-0.2, -0.15) is 0 Å². The molecule has 0 radical (unpaired) electrons. The number of rotatable bonds is 7. The minimum atomic E-state index is -0.561. The van der Waals surface area contributed by atoms with Crippen LogP contribution >= 0.6 is 15.9 Å². The number of carbonyl (C=O) groups excluding carboxylic acids is 3. The second-order valence-corrected chi connectivity index (χ2v) is 8.09. The van der Waals surface area contributed by atoms with Crippen molar-refractivity contribution in [2.24, 2.45) is 0 Å². The summed E-state index contributed by atoms with van der Waals surface area (Å²) in [4.78, 5) is 42.7. The molecule has 166 valence electrons. The highest BCUT2D eigenvalue weighted by Crippen LogP contribution is 2.23. The van der Waals surface area contributed by atoms with E-state index >= 15 is 0 Å². The van der Waals surface area contributed by atoms with Crippen molar-refractivity contribution in [3.05, 3.63) is 106 Å². The number of carbonyl (C=O) groups is 3. The van der Waals surface area contributed by atoms with Gasteiger partial charge in [0.05, 0.1) is 35.6 Å². The smallest absolute Gasteiger partial charge is 0.340 e. The Labute approximate surface area is 198 Å². The Kier molecular flexibility index (Phi) is 6.65. The van der Waals surface area contributed by atoms with Gasteiger partial charge in [-0.05, 0) is 49.4 Å². The quantitative estimate of drug-likeness (QED) is 0.296. The van der Waals surface area contributed by atoms with Gasteiger partial charge in [-0.1, -0.05) is 34.1 Å². The number of ether oxygens (including phenoxy) is 1. The predicted molar refractivity (Wildman–Crippen MR) is 126 cm³/mol. The lowest BCUT2D eigenvalue weighted by molar-refractivity contribution is 0.0528. The Hall–Kier alpha value is -3.78. The van der Waals surface area contributed by atoms with E-state index in [1.165, 1.54) is 6.07 Å². The lowest BCUT2D eigenvalue weighted by Crippen LogP contribution is -2.23. The molecule has 0 spiro atoms. The molecule has 0 fully saturated rings. The highest BCUT2D eigenvalue weighted by molar-refractivity contribution is 9.10. The van der Waals surface area contributed by atoms with E-state index in [2.05, 4.69) is 26.2 Å². The van der Waals surface area contributed by atoms with Crippen molar-refractivity contribution in [1.29, 1.82) is 0 Å². The lowest BCUT2D eigenvalue weighted by atomic mass is 10.1. The molecule has 33 heavy (non-hydrogen) atoms. The number of nitrogens with one attached hydrogen (secondary N) is 1. The van der Waals surface area contributed by atoms with Gasteiger partial charge in [0.1, 0.15) is 0 Å². The maximum absolute atomic E-state index is 13.2. The number of esters is 1. The predicted octanol–water partition coefficient (Wildman–Crippen LogP) is 4.43. The fourth-order valence-electron chi connectivity index (χ4n) is 3.44. The molecule has 0 aliphatic rings. The van der Waals surface area contributed by atoms with E-state index in [4.69, 9.17) is 4.74 Å². The molecular formula is C25H20BrN3O4. The Morgan fingerprint density at radius 3 is 2.61 bits per heavy atom. The van der Waals surface area contributed by atoms with Gasteiger partial charge in [0.25, 0.3) is 5.91 Å². The Bertz CT molecular complexity index is 1350. The minimum Gasteiger partial charge on any atom is -0.462 e. The summed E-state index contributed by atoms with van der Waals surface area (Å²) >= 11 is 3.38. The molecule has 1 N–H and O–H groups in total. The standard InChI is InChI=1S/C25H20BrN3O4/c1-2-33-25(32)20-14-22(23(30)16-6-5-7-18(26)12-16)29-11-9-17(13-21(20)29)24(31)28-15-19-8-3-4-10-27-19/h3-14H,2,15H2,1H3,(H,28,31). The molecule has 0 aliphatic carbocycles. The first kappa shape index (κ1) is 22.4. The molecule has 7 nitrogen and oxygen atoms in total. The van der Waals surface area contributed by atoms with E-state index in [0.717, 1.165) is 10.2 Å². The molecule has 0 saturated heterocycles. The van der Waals surface area contributed by atoms with E-state index in [9.17, 15) is 14.4 Å². The summed E-state index contributed by atoms with van der Waals surface area (Å²) in [5, 5.41) is 2.82. The number of amides is 1. The second-order valence-electron chi connectivity index (χ2n) is 7.18. The van der Waals surface area contributed by atoms with Crippen LogP contribution in [0.15, 0.2) is 77.5 Å². The Morgan fingerprint density at radius 1 is 1.03 bits per heavy atom. The van der Waals surface area contributed by atoms with Gasteiger partial charge in [0.2, 0.25) is 5.78 Å². The third-order valence-corrected chi connectivity index (χ3v) is 5.50. The molecule has 1 amide bonds. The number of halogens is 1. The van der Waals surface area contributed by atoms with Crippen molar-refractivity contribution in [1.82, 2.24) is 14.7 Å². The molecule has 0 atom stereocenters. The van der Waals surface area contributed by atoms with Crippen LogP contribution in [-0.2, 0) is 11.3 Å². The summed E-state index contributed by atoms with van der Waals surface area (Å²) in [6.07, 6.45) is 3.27. The van der Waals surface area contributed by atoms with Gasteiger partial charge < -0.3 is 14.5 Å². The average Bonchev–Trinajstić information content (AvgIpc) is 3.22. The number of pyridine rings is 2. The fraction of sp³-hybridized carbons (Fsp3) is 0.120. The van der Waals surface area contributed by atoms with Crippen molar-refractivity contribution in [3.63, 3.8) is 0 Å². The van der Waals surface area contributed by atoms with E-state index in [-0.39, 0.29) is 30.4 Å². The number of benzene rings is 1. The number of fused-ring (bicyclic) bond motifs is 1. The van der Waals surface area contributed by atoms with Gasteiger partial charge in [0, 0.05) is 28.0 Å². The molecule has 4 aromatic rings. The number of aromatic nitrogens is 2. The monoisotopic (exact) mass is 505 g/mol. The lowest BCUT2D eigenvalue weighted by Gasteiger charge is -2.08. The van der Waals surface area contributed by atoms with Crippen LogP contribution in [0.2, 0.25) is 0 Å². The number of ketones is 1. The van der Waals surface area contributed by atoms with Gasteiger partial charge >= 0.3 is 5.97 Å². The third kappa shape index (κ3) is 4.85. The van der Waals surface area contributed by atoms with Gasteiger partial charge in [0.15, 0.2) is 0 Å². The van der Waals surface area contributed by atoms with Crippen LogP contribution in [0.1, 0.15) is 49.4 Å². The summed E-state index contributed by atoms with van der Waals surface area (Å²) < 4.78 is 7.55. The van der Waals surface area contributed by atoms with Crippen LogP contribution in [0.3, 0.4) is 0 Å². The number of hydrogen-bond donors (Lipinski definition) is 1. The molecule has 0 bridgehead atoms. The summed E-state index contributed by atoms with van der Waals surface area (Å²) in [6, 6.07) is 17.2. The van der Waals surface area contributed by atoms with Crippen LogP contribution in [0.5, 0.6) is 0 Å². The Morgan fingerprint density at radius 2 is 1.88 bits per heavy atom. The maximum Gasteiger partial charge on any atom is 0.340 e. The molecule has 0 unspecified atom stereocenters. The van der Waals surface area contributed by atoms with Crippen molar-refractivity contribution in [3.8, 4) is 0 Å². The van der Waals surface area contributed by atoms with E-state index in [1.807, 2.05) is 18.2 Å². The number of hydrogen-bond acceptors (Lipinski definition) is 5. The van der Waals surface area contributed by atoms with Crippen molar-refractivity contribution >= 4 is 39.1 Å². The summed E-state index contributed by atoms with van der Waals surface area (Å²) in [7, 11) is 0. The largest absolute Gasteiger partial charge is 0.462 e. The van der Waals surface area contributed by atoms with E-state index < -0.39 is 5.97 Å². The maximum atomic E-state index is 13.2. The first-order valence-electron chi connectivity index (χ1n) is 10.3. The topological polar surface area (TPSA) is 89.8 Å². The first-order valence-corrected chi connectivity index (χ1v) is 11.1. The fourth-order valence-corrected chi connectivity index (χ4v) is 3.84. The first-order chi connectivity index (χ1) is 16.0. The third-order valence-electron chi connectivity index (χ3n) is 5.00. The molecule has 0 saturated carbocycles. The van der Waals surface area contributed by atoms with Crippen molar-refractivity contribution in [2.45, 2.75) is 13.5 Å². The van der Waals surface area contributed by atoms with Crippen molar-refractivity contribution in [2.75, 3.05) is 6.61 Å². The van der Waals surface area contributed by atoms with Gasteiger partial charge in [-0.15, -0.1) is 0 Å². The normalized spacial score (nSPS) is 10.7. The molecular weight excluding hydrogens is 486 g/mol. The molecule has 4 rings (SSSR count).